The maximum Gasteiger partial charge on any atom is 0.0722 e. The van der Waals surface area contributed by atoms with E-state index in [1.165, 1.54) is 16.5 Å². The van der Waals surface area contributed by atoms with E-state index in [1.54, 1.807) is 0 Å². The van der Waals surface area contributed by atoms with Crippen molar-refractivity contribution >= 4 is 28.1 Å². The van der Waals surface area contributed by atoms with E-state index in [9.17, 15) is 0 Å². The number of para-hydroxylation sites is 1. The van der Waals surface area contributed by atoms with E-state index in [-0.39, 0.29) is 0 Å². The van der Waals surface area contributed by atoms with Gasteiger partial charge in [-0.25, -0.2) is 0 Å². The van der Waals surface area contributed by atoms with Crippen LogP contribution < -0.4 is 5.32 Å². The highest BCUT2D eigenvalue weighted by Gasteiger charge is 2.01. The third kappa shape index (κ3) is 2.36. The van der Waals surface area contributed by atoms with Gasteiger partial charge in [0.15, 0.2) is 0 Å². The molecule has 2 aromatic rings. The predicted molar refractivity (Wildman–Crippen MR) is 68.3 cm³/mol. The summed E-state index contributed by atoms with van der Waals surface area (Å²) >= 11 is 4.97. The molecule has 0 amide bonds. The van der Waals surface area contributed by atoms with Crippen LogP contribution in [0.3, 0.4) is 0 Å². The van der Waals surface area contributed by atoms with Gasteiger partial charge in [0.2, 0.25) is 0 Å². The first kappa shape index (κ1) is 10.2. The van der Waals surface area contributed by atoms with Crippen LogP contribution in [0.1, 0.15) is 12.5 Å². The Labute approximate surface area is 94.7 Å². The van der Waals surface area contributed by atoms with Gasteiger partial charge in [0.05, 0.1) is 4.99 Å². The second-order valence-electron chi connectivity index (χ2n) is 3.59. The fourth-order valence-corrected chi connectivity index (χ4v) is 1.81. The molecule has 0 saturated carbocycles. The van der Waals surface area contributed by atoms with Crippen molar-refractivity contribution in [2.75, 3.05) is 6.54 Å². The number of rotatable bonds is 3. The molecule has 2 N–H and O–H groups in total. The molecule has 3 heteroatoms. The molecule has 2 nitrogen and oxygen atoms in total. The summed E-state index contributed by atoms with van der Waals surface area (Å²) in [4.78, 5) is 4.12. The average Bonchev–Trinajstić information content (AvgIpc) is 2.62. The van der Waals surface area contributed by atoms with Gasteiger partial charge in [-0.1, -0.05) is 30.4 Å². The van der Waals surface area contributed by atoms with Crippen molar-refractivity contribution < 1.29 is 0 Å². The maximum atomic E-state index is 4.97. The molecule has 0 fully saturated rings. The minimum absolute atomic E-state index is 0.856. The van der Waals surface area contributed by atoms with Crippen LogP contribution in [0, 0.1) is 0 Å². The van der Waals surface area contributed by atoms with Crippen molar-refractivity contribution in [3.63, 3.8) is 0 Å². The zero-order chi connectivity index (χ0) is 10.7. The Morgan fingerprint density at radius 3 is 3.00 bits per heavy atom. The Morgan fingerprint density at radius 1 is 1.40 bits per heavy atom. The smallest absolute Gasteiger partial charge is 0.0722 e. The van der Waals surface area contributed by atoms with Crippen LogP contribution in [0.4, 0.5) is 0 Å². The Hall–Kier alpha value is -1.35. The van der Waals surface area contributed by atoms with E-state index in [0.29, 0.717) is 0 Å². The highest BCUT2D eigenvalue weighted by molar-refractivity contribution is 7.80. The number of hydrogen-bond acceptors (Lipinski definition) is 1. The standard InChI is InChI=1S/C12H14N2S/c1-9(15)13-7-6-10-8-14-12-5-3-2-4-11(10)12/h2-5,8,14H,6-7H2,1H3,(H,13,15). The molecule has 0 aliphatic carbocycles. The van der Waals surface area contributed by atoms with Crippen LogP contribution in [-0.2, 0) is 6.42 Å². The van der Waals surface area contributed by atoms with E-state index >= 15 is 0 Å². The summed E-state index contributed by atoms with van der Waals surface area (Å²) in [6.07, 6.45) is 3.07. The number of hydrogen-bond donors (Lipinski definition) is 2. The highest BCUT2D eigenvalue weighted by Crippen LogP contribution is 2.17. The maximum absolute atomic E-state index is 4.97. The Bertz CT molecular complexity index is 473. The number of benzene rings is 1. The molecule has 15 heavy (non-hydrogen) atoms. The van der Waals surface area contributed by atoms with Crippen molar-refractivity contribution in [3.05, 3.63) is 36.0 Å². The second kappa shape index (κ2) is 4.45. The molecule has 2 rings (SSSR count). The van der Waals surface area contributed by atoms with E-state index in [0.717, 1.165) is 18.0 Å². The first-order valence-corrected chi connectivity index (χ1v) is 5.47. The fraction of sp³-hybridized carbons (Fsp3) is 0.250. The van der Waals surface area contributed by atoms with Crippen LogP contribution in [0.5, 0.6) is 0 Å². The summed E-state index contributed by atoms with van der Waals surface area (Å²) in [6, 6.07) is 8.35. The van der Waals surface area contributed by atoms with Gasteiger partial charge in [-0.15, -0.1) is 0 Å². The summed E-state index contributed by atoms with van der Waals surface area (Å²) in [5, 5.41) is 4.47. The molecule has 0 spiro atoms. The molecule has 0 atom stereocenters. The first-order valence-electron chi connectivity index (χ1n) is 5.07. The van der Waals surface area contributed by atoms with Crippen molar-refractivity contribution in [3.8, 4) is 0 Å². The molecular weight excluding hydrogens is 204 g/mol. The van der Waals surface area contributed by atoms with Gasteiger partial charge in [-0.05, 0) is 25.0 Å². The molecule has 0 saturated heterocycles. The SMILES string of the molecule is CC(=S)NCCc1c[nH]c2ccccc12. The fourth-order valence-electron chi connectivity index (χ4n) is 1.71. The molecule has 1 heterocycles. The summed E-state index contributed by atoms with van der Waals surface area (Å²) in [5.41, 5.74) is 2.54. The first-order chi connectivity index (χ1) is 7.27. The van der Waals surface area contributed by atoms with Crippen LogP contribution in [0.15, 0.2) is 30.5 Å². The van der Waals surface area contributed by atoms with Crippen molar-refractivity contribution in [1.82, 2.24) is 10.3 Å². The number of nitrogens with one attached hydrogen (secondary N) is 2. The molecule has 0 aliphatic rings. The number of fused-ring (bicyclic) bond motifs is 1. The summed E-state index contributed by atoms with van der Waals surface area (Å²) < 4.78 is 0. The predicted octanol–water partition coefficient (Wildman–Crippen LogP) is 2.65. The highest BCUT2D eigenvalue weighted by atomic mass is 32.1. The molecule has 0 unspecified atom stereocenters. The zero-order valence-electron chi connectivity index (χ0n) is 8.71. The number of H-pyrrole nitrogens is 1. The van der Waals surface area contributed by atoms with E-state index in [2.05, 4.69) is 34.7 Å². The van der Waals surface area contributed by atoms with E-state index in [1.807, 2.05) is 13.0 Å². The number of thiocarbonyl (C=S) groups is 1. The van der Waals surface area contributed by atoms with Crippen LogP contribution in [0.2, 0.25) is 0 Å². The van der Waals surface area contributed by atoms with Crippen LogP contribution in [0.25, 0.3) is 10.9 Å². The van der Waals surface area contributed by atoms with Gasteiger partial charge in [0, 0.05) is 23.6 Å². The lowest BCUT2D eigenvalue weighted by molar-refractivity contribution is 0.877. The van der Waals surface area contributed by atoms with Gasteiger partial charge >= 0.3 is 0 Å². The second-order valence-corrected chi connectivity index (χ2v) is 4.20. The third-order valence-corrected chi connectivity index (χ3v) is 2.59. The minimum Gasteiger partial charge on any atom is -0.380 e. The Kier molecular flexibility index (Phi) is 3.02. The quantitative estimate of drug-likeness (QED) is 0.775. The van der Waals surface area contributed by atoms with Crippen molar-refractivity contribution in [2.24, 2.45) is 0 Å². The van der Waals surface area contributed by atoms with Gasteiger partial charge < -0.3 is 10.3 Å². The van der Waals surface area contributed by atoms with Gasteiger partial charge in [0.25, 0.3) is 0 Å². The summed E-state index contributed by atoms with van der Waals surface area (Å²) in [5.74, 6) is 0. The Morgan fingerprint density at radius 2 is 2.20 bits per heavy atom. The lowest BCUT2D eigenvalue weighted by Gasteiger charge is -2.02. The molecule has 0 bridgehead atoms. The number of aromatic nitrogens is 1. The minimum atomic E-state index is 0.856. The number of aromatic amines is 1. The zero-order valence-corrected chi connectivity index (χ0v) is 9.53. The lowest BCUT2D eigenvalue weighted by atomic mass is 10.1. The van der Waals surface area contributed by atoms with Crippen molar-refractivity contribution in [1.29, 1.82) is 0 Å². The molecule has 1 aromatic heterocycles. The molecule has 78 valence electrons. The Balaban J connectivity index is 2.11. The molecule has 0 radical (unpaired) electrons. The lowest BCUT2D eigenvalue weighted by Crippen LogP contribution is -2.20. The van der Waals surface area contributed by atoms with Crippen LogP contribution >= 0.6 is 12.2 Å². The molecule has 0 aliphatic heterocycles. The van der Waals surface area contributed by atoms with Crippen molar-refractivity contribution in [2.45, 2.75) is 13.3 Å². The summed E-state index contributed by atoms with van der Waals surface area (Å²) in [6.45, 7) is 2.81. The van der Waals surface area contributed by atoms with E-state index in [4.69, 9.17) is 12.2 Å². The van der Waals surface area contributed by atoms with Gasteiger partial charge in [-0.3, -0.25) is 0 Å². The monoisotopic (exact) mass is 218 g/mol. The van der Waals surface area contributed by atoms with E-state index < -0.39 is 0 Å². The normalized spacial score (nSPS) is 10.5. The topological polar surface area (TPSA) is 27.8 Å². The average molecular weight is 218 g/mol. The van der Waals surface area contributed by atoms with Crippen LogP contribution in [-0.4, -0.2) is 16.5 Å². The van der Waals surface area contributed by atoms with Gasteiger partial charge in [0.1, 0.15) is 0 Å². The molecule has 1 aromatic carbocycles. The summed E-state index contributed by atoms with van der Waals surface area (Å²) in [7, 11) is 0. The molecular formula is C12H14N2S. The third-order valence-electron chi connectivity index (χ3n) is 2.44. The largest absolute Gasteiger partial charge is 0.380 e. The van der Waals surface area contributed by atoms with Gasteiger partial charge in [-0.2, -0.15) is 0 Å².